The fraction of sp³-hybridized carbons (Fsp3) is 0.421. The molecular formula is C121H187N17O3S3+6. The minimum atomic E-state index is 0.464. The zero-order valence-electron chi connectivity index (χ0n) is 94.7. The predicted octanol–water partition coefficient (Wildman–Crippen LogP) is 33.2. The van der Waals surface area contributed by atoms with Gasteiger partial charge in [0, 0.05) is 148 Å². The number of thiazole rings is 1. The quantitative estimate of drug-likeness (QED) is 0.125. The number of aromatic nitrogens is 17. The van der Waals surface area contributed by atoms with E-state index in [1.807, 2.05) is 153 Å². The van der Waals surface area contributed by atoms with Crippen LogP contribution in [-0.2, 0) is 0 Å². The van der Waals surface area contributed by atoms with Gasteiger partial charge in [0.2, 0.25) is 11.0 Å². The molecule has 23 heteroatoms. The molecule has 15 aromatic heterocycles. The summed E-state index contributed by atoms with van der Waals surface area (Å²) in [5, 5.41) is 26.4. The first-order valence-electron chi connectivity index (χ1n) is 50.7. The van der Waals surface area contributed by atoms with E-state index in [1.54, 1.807) is 84.1 Å². The molecule has 0 atom stereocenters. The molecule has 15 heterocycles. The third kappa shape index (κ3) is 82.0. The molecule has 20 nitrogen and oxygen atoms in total. The molecule has 18 rings (SSSR count). The highest BCUT2D eigenvalue weighted by atomic mass is 32.1. The molecule has 786 valence electrons. The number of furan rings is 1. The fourth-order valence-corrected chi connectivity index (χ4v) is 11.2. The van der Waals surface area contributed by atoms with E-state index >= 15 is 0 Å². The zero-order chi connectivity index (χ0) is 108. The van der Waals surface area contributed by atoms with E-state index < -0.39 is 0 Å². The van der Waals surface area contributed by atoms with Crippen LogP contribution in [0.5, 0.6) is 0 Å². The van der Waals surface area contributed by atoms with Crippen molar-refractivity contribution in [2.24, 2.45) is 35.5 Å². The lowest BCUT2D eigenvalue weighted by molar-refractivity contribution is -0.771. The van der Waals surface area contributed by atoms with Crippen molar-refractivity contribution in [1.29, 1.82) is 0 Å². The average Bonchev–Trinajstić information content (AvgIpc) is 1.05. The van der Waals surface area contributed by atoms with E-state index in [2.05, 4.69) is 493 Å². The van der Waals surface area contributed by atoms with Gasteiger partial charge in [-0.2, -0.15) is 25.6 Å². The molecule has 18 aromatic rings. The van der Waals surface area contributed by atoms with Gasteiger partial charge in [0.05, 0.1) is 49.0 Å². The van der Waals surface area contributed by atoms with Crippen molar-refractivity contribution in [2.45, 2.75) is 304 Å². The number of hydrogen-bond donors (Lipinski definition) is 0. The topological polar surface area (TPSA) is 181 Å². The molecule has 0 unspecified atom stereocenters. The standard InChI is InChI=1S/2C12H14N.C11H13N.2C8H12N.2C7H11N2.C7H11N.C6H10N2.C4H4O.C4H4S.6C4H10.C3H3NO.2C3H3NS.C2H2N2O/c2*1-10(2)13-9-5-7-11-6-3-4-8-12(11)13;1-9(2)12-8-7-10-5-3-4-6-11(10)12;2*1-8(2)9-6-4-3-5-7-9;1-7(2)9-5-3-8-4-6-9;1-7(2)9-6-4-3-5-8-9;1-7(2)8-5-3-4-6-8;1-6(2)8-5-3-4-7-8;2*1-2-4-5-3-1;6*1-4(2)3;2*1-2-5-3-4-1;1-2-4-5-3-1;1-2-5-4-3-1/h2*3-10H,1-2H3;3-9H,1-2H3;2*3-8H,1-2H3;2*3-7H,1-2H3;3-7H,1-2H3;3-6H,1-2H3;2*1-4H;6*4H,1-3H3;3*1-3H;1-2H/q2*+1;;4*+1;;;;;;;;;;;;;;. The van der Waals surface area contributed by atoms with Gasteiger partial charge in [0.25, 0.3) is 0 Å². The Bertz CT molecular complexity index is 4810. The van der Waals surface area contributed by atoms with Gasteiger partial charge >= 0.3 is 0 Å². The Morgan fingerprint density at radius 2 is 0.743 bits per heavy atom. The normalized spacial score (nSPS) is 9.77. The minimum absolute atomic E-state index is 0.464. The number of para-hydroxylation sites is 3. The second-order valence-electron chi connectivity index (χ2n) is 38.8. The Morgan fingerprint density at radius 1 is 0.285 bits per heavy atom. The van der Waals surface area contributed by atoms with Gasteiger partial charge in [0.1, 0.15) is 12.5 Å². The van der Waals surface area contributed by atoms with Gasteiger partial charge in [-0.05, 0) is 272 Å². The van der Waals surface area contributed by atoms with Crippen LogP contribution in [0, 0.1) is 35.5 Å². The van der Waals surface area contributed by atoms with Crippen LogP contribution in [-0.4, -0.2) is 53.7 Å². The summed E-state index contributed by atoms with van der Waals surface area (Å²) in [6, 6.07) is 72.6. The van der Waals surface area contributed by atoms with Crippen LogP contribution in [0.25, 0.3) is 32.7 Å². The van der Waals surface area contributed by atoms with Gasteiger partial charge in [-0.1, -0.05) is 196 Å². The molecule has 0 aliphatic carbocycles. The Labute approximate surface area is 883 Å². The fourth-order valence-electron chi connectivity index (χ4n) is 10.1. The van der Waals surface area contributed by atoms with Gasteiger partial charge in [-0.3, -0.25) is 14.6 Å². The first-order valence-corrected chi connectivity index (χ1v) is 53.4. The average molecular weight is 2020 g/mol. The van der Waals surface area contributed by atoms with Crippen LogP contribution in [0.4, 0.5) is 0 Å². The van der Waals surface area contributed by atoms with E-state index in [4.69, 9.17) is 0 Å². The summed E-state index contributed by atoms with van der Waals surface area (Å²) in [6.07, 6.45) is 48.0. The van der Waals surface area contributed by atoms with Crippen molar-refractivity contribution in [2.75, 3.05) is 0 Å². The minimum Gasteiger partial charge on any atom is -0.473 e. The molecule has 0 fully saturated rings. The number of hydrogen-bond acceptors (Lipinski definition) is 14. The number of benzene rings is 3. The van der Waals surface area contributed by atoms with Gasteiger partial charge < -0.3 is 22.5 Å². The Morgan fingerprint density at radius 3 is 1.00 bits per heavy atom. The largest absolute Gasteiger partial charge is 0.473 e. The van der Waals surface area contributed by atoms with E-state index in [9.17, 15) is 0 Å². The van der Waals surface area contributed by atoms with Crippen LogP contribution in [0.2, 0.25) is 0 Å². The van der Waals surface area contributed by atoms with Crippen LogP contribution >= 0.6 is 34.2 Å². The highest BCUT2D eigenvalue weighted by molar-refractivity contribution is 7.07. The molecule has 3 aromatic carbocycles. The summed E-state index contributed by atoms with van der Waals surface area (Å²) in [5.74, 6) is 5.00. The second-order valence-corrected chi connectivity index (χ2v) is 41.1. The predicted molar refractivity (Wildman–Crippen MR) is 614 cm³/mol. The van der Waals surface area contributed by atoms with Crippen LogP contribution in [0.1, 0.15) is 304 Å². The molecule has 0 aliphatic heterocycles. The molecule has 0 N–H and O–H groups in total. The van der Waals surface area contributed by atoms with Gasteiger partial charge in [0.15, 0.2) is 98.4 Å². The van der Waals surface area contributed by atoms with E-state index in [1.165, 1.54) is 69.4 Å². The van der Waals surface area contributed by atoms with E-state index in [-0.39, 0.29) is 0 Å². The van der Waals surface area contributed by atoms with Crippen LogP contribution < -0.4 is 27.5 Å². The molecule has 144 heavy (non-hydrogen) atoms. The van der Waals surface area contributed by atoms with Gasteiger partial charge in [-0.15, -0.1) is 16.4 Å². The molecule has 0 saturated heterocycles. The van der Waals surface area contributed by atoms with Crippen molar-refractivity contribution in [3.8, 4) is 0 Å². The van der Waals surface area contributed by atoms with Crippen molar-refractivity contribution < 1.29 is 40.9 Å². The maximum atomic E-state index is 4.58. The van der Waals surface area contributed by atoms with Crippen LogP contribution in [0.3, 0.4) is 0 Å². The number of rotatable bonds is 9. The monoisotopic (exact) mass is 2020 g/mol. The summed E-state index contributed by atoms with van der Waals surface area (Å²) >= 11 is 4.78. The number of nitrogens with zero attached hydrogens (tertiary/aromatic N) is 17. The van der Waals surface area contributed by atoms with Gasteiger partial charge in [-0.25, -0.2) is 23.1 Å². The molecular weight excluding hydrogens is 1840 g/mol. The smallest absolute Gasteiger partial charge is 0.212 e. The Hall–Kier alpha value is -12.4. The maximum Gasteiger partial charge on any atom is 0.212 e. The molecule has 0 saturated carbocycles. The summed E-state index contributed by atoms with van der Waals surface area (Å²) < 4.78 is 36.3. The lowest BCUT2D eigenvalue weighted by atomic mass is 10.2. The van der Waals surface area contributed by atoms with Crippen molar-refractivity contribution >= 4 is 66.9 Å². The first-order chi connectivity index (χ1) is 68.6. The molecule has 0 aliphatic rings. The highest BCUT2D eigenvalue weighted by Crippen LogP contribution is 2.19. The van der Waals surface area contributed by atoms with Crippen molar-refractivity contribution in [1.82, 2.24) is 53.7 Å². The number of thiophene rings is 1. The van der Waals surface area contributed by atoms with Crippen LogP contribution in [0.15, 0.2) is 402 Å². The number of oxazole rings is 1. The molecule has 0 spiro atoms. The second kappa shape index (κ2) is 90.6. The Kier molecular flexibility index (Phi) is 85.3. The maximum absolute atomic E-state index is 4.58. The van der Waals surface area contributed by atoms with Crippen molar-refractivity contribution in [3.63, 3.8) is 0 Å². The summed E-state index contributed by atoms with van der Waals surface area (Å²) in [6.45, 7) is 77.9. The summed E-state index contributed by atoms with van der Waals surface area (Å²) in [7, 11) is 0. The van der Waals surface area contributed by atoms with E-state index in [0.29, 0.717) is 54.4 Å². The van der Waals surface area contributed by atoms with E-state index in [0.717, 1.165) is 35.5 Å². The third-order valence-electron chi connectivity index (χ3n) is 16.3. The zero-order valence-corrected chi connectivity index (χ0v) is 97.1. The molecule has 0 bridgehead atoms. The highest BCUT2D eigenvalue weighted by Gasteiger charge is 2.13. The summed E-state index contributed by atoms with van der Waals surface area (Å²) in [5.41, 5.74) is 5.73. The Balaban J connectivity index is -0.00000147. The molecule has 0 radical (unpaired) electrons. The number of pyridine rings is 4. The third-order valence-corrected chi connectivity index (χ3v) is 18.0. The SMILES string of the molecule is CC(C)C.CC(C)C.CC(C)C.CC(C)C.CC(C)C.CC(C)C.CC(C)[n+]1cccc2ccccc21.CC(C)[n+]1cccc2ccccc21.CC(C)[n+]1ccccc1.CC(C)[n+]1ccccc1.CC(C)[n+]1ccccn1.CC(C)[n+]1ccncc1.CC(C)n1ccc2ccccc21.CC(C)n1cccc1.CC(C)n1cccn1.c1ccoc1.c1ccsc1.c1cnsc1.c1cocn1.c1conn1.c1cscn1. The van der Waals surface area contributed by atoms with Crippen molar-refractivity contribution in [3.05, 3.63) is 389 Å². The number of fused-ring (bicyclic) bond motifs is 3. The molecule has 0 amide bonds. The lowest BCUT2D eigenvalue weighted by Crippen LogP contribution is -2.39. The first kappa shape index (κ1) is 136. The summed E-state index contributed by atoms with van der Waals surface area (Å²) in [4.78, 5) is 11.2. The lowest BCUT2D eigenvalue weighted by Gasteiger charge is -2.08.